The third kappa shape index (κ3) is 10.1. The number of alkyl halides is 2. The first-order chi connectivity index (χ1) is 13.7. The Morgan fingerprint density at radius 1 is 1.27 bits per heavy atom. The number of rotatable bonds is 12. The van der Waals surface area contributed by atoms with Crippen molar-refractivity contribution < 1.29 is 26.7 Å². The highest BCUT2D eigenvalue weighted by molar-refractivity contribution is 14.0. The first-order valence-corrected chi connectivity index (χ1v) is 11.2. The fourth-order valence-electron chi connectivity index (χ4n) is 2.61. The SMILES string of the molecule is CCOc1cccc(CNC(=NC)NCCCN(CC)S(C)(=O)=O)c1OC(F)F.I. The lowest BCUT2D eigenvalue weighted by Crippen LogP contribution is -2.39. The van der Waals surface area contributed by atoms with Crippen molar-refractivity contribution in [2.45, 2.75) is 33.4 Å². The molecular weight excluding hydrogens is 533 g/mol. The Balaban J connectivity index is 0.00000841. The van der Waals surface area contributed by atoms with Crippen molar-refractivity contribution in [2.75, 3.05) is 39.5 Å². The molecule has 0 radical (unpaired) electrons. The van der Waals surface area contributed by atoms with Crippen LogP contribution in [0.5, 0.6) is 11.5 Å². The van der Waals surface area contributed by atoms with Crippen LogP contribution < -0.4 is 20.1 Å². The topological polar surface area (TPSA) is 92.3 Å². The van der Waals surface area contributed by atoms with E-state index in [0.29, 0.717) is 44.2 Å². The summed E-state index contributed by atoms with van der Waals surface area (Å²) in [6.07, 6.45) is 1.76. The van der Waals surface area contributed by atoms with E-state index in [-0.39, 0.29) is 42.0 Å². The minimum absolute atomic E-state index is 0. The number of halogens is 3. The quantitative estimate of drug-likeness (QED) is 0.176. The molecule has 0 aliphatic heterocycles. The number of ether oxygens (including phenoxy) is 2. The van der Waals surface area contributed by atoms with Crippen LogP contribution in [0.25, 0.3) is 0 Å². The van der Waals surface area contributed by atoms with Crippen molar-refractivity contribution in [3.8, 4) is 11.5 Å². The normalized spacial score (nSPS) is 11.9. The van der Waals surface area contributed by atoms with Gasteiger partial charge >= 0.3 is 6.61 Å². The molecule has 30 heavy (non-hydrogen) atoms. The van der Waals surface area contributed by atoms with E-state index in [2.05, 4.69) is 20.4 Å². The standard InChI is InChI=1S/C18H30F2N4O4S.HI/c1-5-24(29(4,25)26)12-8-11-22-18(21-3)23-13-14-9-7-10-15(27-6-2)16(14)28-17(19)20;/h7,9-10,17H,5-6,8,11-13H2,1-4H3,(H2,21,22,23);1H. The minimum Gasteiger partial charge on any atom is -0.490 e. The van der Waals surface area contributed by atoms with E-state index in [1.807, 2.05) is 0 Å². The predicted octanol–water partition coefficient (Wildman–Crippen LogP) is 2.64. The number of benzene rings is 1. The zero-order valence-corrected chi connectivity index (χ0v) is 20.8. The minimum atomic E-state index is -3.22. The summed E-state index contributed by atoms with van der Waals surface area (Å²) < 4.78 is 60.1. The number of nitrogens with one attached hydrogen (secondary N) is 2. The summed E-state index contributed by atoms with van der Waals surface area (Å²) in [4.78, 5) is 4.08. The molecule has 12 heteroatoms. The van der Waals surface area contributed by atoms with Crippen molar-refractivity contribution in [3.63, 3.8) is 0 Å². The largest absolute Gasteiger partial charge is 0.490 e. The lowest BCUT2D eigenvalue weighted by Gasteiger charge is -2.19. The molecular formula is C18H31F2IN4O4S. The van der Waals surface area contributed by atoms with Crippen LogP contribution in [0.3, 0.4) is 0 Å². The summed E-state index contributed by atoms with van der Waals surface area (Å²) >= 11 is 0. The Hall–Kier alpha value is -1.41. The molecule has 1 aromatic rings. The smallest absolute Gasteiger partial charge is 0.387 e. The monoisotopic (exact) mass is 564 g/mol. The predicted molar refractivity (Wildman–Crippen MR) is 125 cm³/mol. The second-order valence-electron chi connectivity index (χ2n) is 6.02. The van der Waals surface area contributed by atoms with Gasteiger partial charge in [-0.15, -0.1) is 24.0 Å². The number of hydrogen-bond donors (Lipinski definition) is 2. The molecule has 0 aliphatic rings. The second kappa shape index (κ2) is 14.6. The molecule has 0 unspecified atom stereocenters. The fourth-order valence-corrected chi connectivity index (χ4v) is 3.54. The van der Waals surface area contributed by atoms with Gasteiger partial charge in [-0.2, -0.15) is 8.78 Å². The van der Waals surface area contributed by atoms with Crippen LogP contribution in [0.4, 0.5) is 8.78 Å². The van der Waals surface area contributed by atoms with E-state index in [4.69, 9.17) is 4.74 Å². The van der Waals surface area contributed by atoms with Crippen molar-refractivity contribution in [3.05, 3.63) is 23.8 Å². The van der Waals surface area contributed by atoms with Crippen molar-refractivity contribution >= 4 is 40.0 Å². The molecule has 0 amide bonds. The highest BCUT2D eigenvalue weighted by atomic mass is 127. The summed E-state index contributed by atoms with van der Waals surface area (Å²) in [5.74, 6) is 0.687. The maximum absolute atomic E-state index is 12.8. The van der Waals surface area contributed by atoms with E-state index >= 15 is 0 Å². The molecule has 0 fully saturated rings. The van der Waals surface area contributed by atoms with Crippen LogP contribution in [-0.2, 0) is 16.6 Å². The fraction of sp³-hybridized carbons (Fsp3) is 0.611. The maximum Gasteiger partial charge on any atom is 0.387 e. The van der Waals surface area contributed by atoms with E-state index in [0.717, 1.165) is 0 Å². The number of sulfonamides is 1. The Morgan fingerprint density at radius 3 is 2.50 bits per heavy atom. The van der Waals surface area contributed by atoms with Crippen LogP contribution >= 0.6 is 24.0 Å². The van der Waals surface area contributed by atoms with Gasteiger partial charge < -0.3 is 20.1 Å². The van der Waals surface area contributed by atoms with Gasteiger partial charge in [-0.05, 0) is 19.4 Å². The zero-order chi connectivity index (χ0) is 21.9. The molecule has 0 heterocycles. The molecule has 8 nitrogen and oxygen atoms in total. The average molecular weight is 564 g/mol. The highest BCUT2D eigenvalue weighted by Crippen LogP contribution is 2.32. The highest BCUT2D eigenvalue weighted by Gasteiger charge is 2.16. The average Bonchev–Trinajstić information content (AvgIpc) is 2.65. The van der Waals surface area contributed by atoms with E-state index in [1.165, 1.54) is 10.6 Å². The molecule has 0 aromatic heterocycles. The second-order valence-corrected chi connectivity index (χ2v) is 8.00. The molecule has 0 spiro atoms. The van der Waals surface area contributed by atoms with Gasteiger partial charge in [0.25, 0.3) is 0 Å². The van der Waals surface area contributed by atoms with Gasteiger partial charge in [-0.1, -0.05) is 19.1 Å². The van der Waals surface area contributed by atoms with Gasteiger partial charge in [-0.3, -0.25) is 4.99 Å². The summed E-state index contributed by atoms with van der Waals surface area (Å²) in [7, 11) is -1.64. The lowest BCUT2D eigenvalue weighted by atomic mass is 10.2. The number of hydrogen-bond acceptors (Lipinski definition) is 5. The van der Waals surface area contributed by atoms with Crippen LogP contribution in [0.2, 0.25) is 0 Å². The van der Waals surface area contributed by atoms with Gasteiger partial charge in [0, 0.05) is 38.8 Å². The molecule has 0 atom stereocenters. The lowest BCUT2D eigenvalue weighted by molar-refractivity contribution is -0.0520. The first-order valence-electron chi connectivity index (χ1n) is 9.32. The van der Waals surface area contributed by atoms with E-state index in [1.54, 1.807) is 39.1 Å². The van der Waals surface area contributed by atoms with E-state index in [9.17, 15) is 17.2 Å². The number of aliphatic imine (C=N–C) groups is 1. The molecule has 0 saturated heterocycles. The van der Waals surface area contributed by atoms with Gasteiger partial charge in [0.2, 0.25) is 10.0 Å². The summed E-state index contributed by atoms with van der Waals surface area (Å²) in [6.45, 7) is 2.37. The summed E-state index contributed by atoms with van der Waals surface area (Å²) in [5.41, 5.74) is 0.494. The van der Waals surface area contributed by atoms with Crippen LogP contribution in [-0.4, -0.2) is 64.8 Å². The maximum atomic E-state index is 12.8. The summed E-state index contributed by atoms with van der Waals surface area (Å²) in [5, 5.41) is 6.10. The van der Waals surface area contributed by atoms with Crippen LogP contribution in [0.15, 0.2) is 23.2 Å². The first kappa shape index (κ1) is 28.6. The third-order valence-electron chi connectivity index (χ3n) is 3.94. The Morgan fingerprint density at radius 2 is 1.97 bits per heavy atom. The van der Waals surface area contributed by atoms with Gasteiger partial charge in [0.1, 0.15) is 0 Å². The zero-order valence-electron chi connectivity index (χ0n) is 17.7. The van der Waals surface area contributed by atoms with E-state index < -0.39 is 16.6 Å². The molecule has 174 valence electrons. The number of nitrogens with zero attached hydrogens (tertiary/aromatic N) is 2. The van der Waals surface area contributed by atoms with Crippen molar-refractivity contribution in [2.24, 2.45) is 4.99 Å². The van der Waals surface area contributed by atoms with Crippen molar-refractivity contribution in [1.29, 1.82) is 0 Å². The van der Waals surface area contributed by atoms with Gasteiger partial charge in [0.15, 0.2) is 17.5 Å². The van der Waals surface area contributed by atoms with Crippen molar-refractivity contribution in [1.82, 2.24) is 14.9 Å². The third-order valence-corrected chi connectivity index (χ3v) is 5.31. The van der Waals surface area contributed by atoms with Crippen LogP contribution in [0.1, 0.15) is 25.8 Å². The molecule has 0 bridgehead atoms. The number of guanidine groups is 1. The molecule has 2 N–H and O–H groups in total. The van der Waals surface area contributed by atoms with Gasteiger partial charge in [0.05, 0.1) is 12.9 Å². The Bertz CT molecular complexity index is 767. The molecule has 1 rings (SSSR count). The van der Waals surface area contributed by atoms with Crippen LogP contribution in [0, 0.1) is 0 Å². The molecule has 1 aromatic carbocycles. The summed E-state index contributed by atoms with van der Waals surface area (Å²) in [6, 6.07) is 4.92. The Labute approximate surface area is 194 Å². The van der Waals surface area contributed by atoms with Gasteiger partial charge in [-0.25, -0.2) is 12.7 Å². The molecule has 0 aliphatic carbocycles. The molecule has 0 saturated carbocycles. The number of para-hydroxylation sites is 1. The Kier molecular flexibility index (Phi) is 13.9.